The number of hydrogen-bond donors (Lipinski definition) is 0. The van der Waals surface area contributed by atoms with E-state index < -0.39 is 0 Å². The fraction of sp³-hybridized carbons (Fsp3) is 0.200. The normalized spacial score (nSPS) is 9.27. The number of ether oxygens (including phenoxy) is 1. The molecule has 0 aromatic heterocycles. The van der Waals surface area contributed by atoms with Crippen LogP contribution < -0.4 is 4.74 Å². The van der Waals surface area contributed by atoms with Crippen LogP contribution in [0.25, 0.3) is 0 Å². The topological polar surface area (TPSA) is 9.23 Å². The molecule has 11 heavy (non-hydrogen) atoms. The van der Waals surface area contributed by atoms with Gasteiger partial charge in [0.05, 0.1) is 7.11 Å². The van der Waals surface area contributed by atoms with Gasteiger partial charge < -0.3 is 4.74 Å². The molecule has 0 unspecified atom stereocenters. The van der Waals surface area contributed by atoms with Crippen LogP contribution in [0.5, 0.6) is 5.75 Å². The standard InChI is InChI=1S/C10H11O/c1-4-9-6-5-8(2)10(7-9)11-3/h5-7H,1H2,2-3H3. The smallest absolute Gasteiger partial charge is 0.122 e. The molecule has 0 aliphatic carbocycles. The van der Waals surface area contributed by atoms with E-state index in [-0.39, 0.29) is 0 Å². The van der Waals surface area contributed by atoms with E-state index in [1.807, 2.05) is 25.1 Å². The zero-order chi connectivity index (χ0) is 8.27. The molecule has 0 aliphatic heterocycles. The van der Waals surface area contributed by atoms with E-state index in [9.17, 15) is 0 Å². The summed E-state index contributed by atoms with van der Waals surface area (Å²) in [5, 5.41) is 0. The average molecular weight is 147 g/mol. The third kappa shape index (κ3) is 1.61. The molecule has 0 spiro atoms. The first-order valence-corrected chi connectivity index (χ1v) is 3.45. The summed E-state index contributed by atoms with van der Waals surface area (Å²) in [4.78, 5) is 0. The first kappa shape index (κ1) is 7.86. The molecule has 0 N–H and O–H groups in total. The zero-order valence-electron chi connectivity index (χ0n) is 6.85. The molecule has 0 atom stereocenters. The average Bonchev–Trinajstić information content (AvgIpc) is 2.05. The highest BCUT2D eigenvalue weighted by atomic mass is 16.5. The van der Waals surface area contributed by atoms with Crippen molar-refractivity contribution in [2.75, 3.05) is 7.11 Å². The van der Waals surface area contributed by atoms with E-state index in [4.69, 9.17) is 4.74 Å². The van der Waals surface area contributed by atoms with Gasteiger partial charge in [-0.1, -0.05) is 18.7 Å². The first-order valence-electron chi connectivity index (χ1n) is 3.45. The molecule has 0 saturated heterocycles. The molecule has 1 rings (SSSR count). The van der Waals surface area contributed by atoms with Gasteiger partial charge in [0.2, 0.25) is 0 Å². The second-order valence-corrected chi connectivity index (χ2v) is 2.36. The Kier molecular flexibility index (Phi) is 2.32. The van der Waals surface area contributed by atoms with Crippen molar-refractivity contribution in [3.63, 3.8) is 0 Å². The number of hydrogen-bond acceptors (Lipinski definition) is 1. The summed E-state index contributed by atoms with van der Waals surface area (Å²) in [5.41, 5.74) is 2.10. The lowest BCUT2D eigenvalue weighted by atomic mass is 10.1. The van der Waals surface area contributed by atoms with Crippen molar-refractivity contribution in [2.45, 2.75) is 6.92 Å². The van der Waals surface area contributed by atoms with Crippen LogP contribution in [0.2, 0.25) is 0 Å². The predicted molar refractivity (Wildman–Crippen MR) is 45.7 cm³/mol. The fourth-order valence-electron chi connectivity index (χ4n) is 0.930. The van der Waals surface area contributed by atoms with Gasteiger partial charge in [0, 0.05) is 0 Å². The minimum absolute atomic E-state index is 0.888. The maximum atomic E-state index is 5.12. The summed E-state index contributed by atoms with van der Waals surface area (Å²) in [7, 11) is 1.66. The molecule has 0 fully saturated rings. The molecule has 0 amide bonds. The van der Waals surface area contributed by atoms with Crippen molar-refractivity contribution >= 4 is 0 Å². The molecule has 1 aromatic carbocycles. The Balaban J connectivity index is 3.12. The van der Waals surface area contributed by atoms with Gasteiger partial charge in [0.1, 0.15) is 5.75 Å². The van der Waals surface area contributed by atoms with E-state index in [0.717, 1.165) is 16.9 Å². The Labute approximate surface area is 67.3 Å². The minimum atomic E-state index is 0.888. The van der Waals surface area contributed by atoms with Gasteiger partial charge in [0.25, 0.3) is 0 Å². The Morgan fingerprint density at radius 3 is 2.73 bits per heavy atom. The Morgan fingerprint density at radius 2 is 2.18 bits per heavy atom. The van der Waals surface area contributed by atoms with Crippen LogP contribution in [-0.4, -0.2) is 7.11 Å². The maximum absolute atomic E-state index is 5.12. The summed E-state index contributed by atoms with van der Waals surface area (Å²) in [6.07, 6.45) is 2.80. The Bertz CT molecular complexity index is 264. The monoisotopic (exact) mass is 147 g/mol. The van der Waals surface area contributed by atoms with E-state index in [0.29, 0.717) is 0 Å². The Morgan fingerprint density at radius 1 is 1.45 bits per heavy atom. The summed E-state index contributed by atoms with van der Waals surface area (Å²) in [6, 6.07) is 5.87. The molecule has 0 bridgehead atoms. The van der Waals surface area contributed by atoms with Gasteiger partial charge in [-0.25, -0.2) is 0 Å². The quantitative estimate of drug-likeness (QED) is 0.624. The molecule has 1 heteroatoms. The predicted octanol–water partition coefficient (Wildman–Crippen LogP) is 2.34. The highest BCUT2D eigenvalue weighted by molar-refractivity contribution is 5.38. The third-order valence-electron chi connectivity index (χ3n) is 1.61. The lowest BCUT2D eigenvalue weighted by molar-refractivity contribution is 0.411. The number of aryl methyl sites for hydroxylation is 1. The van der Waals surface area contributed by atoms with Gasteiger partial charge in [-0.05, 0) is 30.2 Å². The number of benzene rings is 1. The van der Waals surface area contributed by atoms with Crippen molar-refractivity contribution in [3.8, 4) is 5.75 Å². The summed E-state index contributed by atoms with van der Waals surface area (Å²) in [6.45, 7) is 5.56. The second kappa shape index (κ2) is 3.24. The highest BCUT2D eigenvalue weighted by Crippen LogP contribution is 2.18. The molecular weight excluding hydrogens is 136 g/mol. The van der Waals surface area contributed by atoms with Crippen molar-refractivity contribution in [2.24, 2.45) is 0 Å². The van der Waals surface area contributed by atoms with Crippen molar-refractivity contribution in [1.82, 2.24) is 0 Å². The molecule has 1 nitrogen and oxygen atoms in total. The summed E-state index contributed by atoms with van der Waals surface area (Å²) in [5.74, 6) is 0.888. The lowest BCUT2D eigenvalue weighted by Crippen LogP contribution is -1.87. The van der Waals surface area contributed by atoms with Crippen LogP contribution in [0.15, 0.2) is 24.8 Å². The molecular formula is C10H11O. The van der Waals surface area contributed by atoms with Crippen LogP contribution in [-0.2, 0) is 0 Å². The van der Waals surface area contributed by atoms with Gasteiger partial charge in [-0.2, -0.15) is 0 Å². The van der Waals surface area contributed by atoms with E-state index in [2.05, 4.69) is 12.7 Å². The van der Waals surface area contributed by atoms with Crippen LogP contribution in [0, 0.1) is 13.0 Å². The summed E-state index contributed by atoms with van der Waals surface area (Å²) < 4.78 is 5.12. The van der Waals surface area contributed by atoms with Gasteiger partial charge in [0.15, 0.2) is 0 Å². The van der Waals surface area contributed by atoms with Crippen molar-refractivity contribution < 1.29 is 4.74 Å². The van der Waals surface area contributed by atoms with E-state index >= 15 is 0 Å². The Hall–Kier alpha value is -1.24. The first-order chi connectivity index (χ1) is 5.27. The fourth-order valence-corrected chi connectivity index (χ4v) is 0.930. The van der Waals surface area contributed by atoms with Crippen LogP contribution >= 0.6 is 0 Å². The van der Waals surface area contributed by atoms with Crippen LogP contribution in [0.4, 0.5) is 0 Å². The second-order valence-electron chi connectivity index (χ2n) is 2.36. The molecule has 0 heterocycles. The number of methoxy groups -OCH3 is 1. The molecule has 57 valence electrons. The summed E-state index contributed by atoms with van der Waals surface area (Å²) >= 11 is 0. The zero-order valence-corrected chi connectivity index (χ0v) is 6.85. The molecule has 0 aliphatic rings. The van der Waals surface area contributed by atoms with E-state index in [1.54, 1.807) is 7.11 Å². The molecule has 0 saturated carbocycles. The lowest BCUT2D eigenvalue weighted by Gasteiger charge is -2.03. The largest absolute Gasteiger partial charge is 0.496 e. The highest BCUT2D eigenvalue weighted by Gasteiger charge is 1.96. The van der Waals surface area contributed by atoms with Gasteiger partial charge in [-0.15, -0.1) is 0 Å². The molecule has 1 radical (unpaired) electrons. The van der Waals surface area contributed by atoms with Crippen molar-refractivity contribution in [1.29, 1.82) is 0 Å². The maximum Gasteiger partial charge on any atom is 0.122 e. The van der Waals surface area contributed by atoms with Gasteiger partial charge >= 0.3 is 0 Å². The van der Waals surface area contributed by atoms with Crippen molar-refractivity contribution in [3.05, 3.63) is 42.0 Å². The van der Waals surface area contributed by atoms with Crippen LogP contribution in [0.3, 0.4) is 0 Å². The van der Waals surface area contributed by atoms with Gasteiger partial charge in [-0.3, -0.25) is 0 Å². The SMILES string of the molecule is C=[C]c1ccc(C)c(OC)c1. The molecule has 1 aromatic rings. The third-order valence-corrected chi connectivity index (χ3v) is 1.61. The number of rotatable bonds is 2. The van der Waals surface area contributed by atoms with Crippen LogP contribution in [0.1, 0.15) is 11.1 Å². The minimum Gasteiger partial charge on any atom is -0.496 e. The van der Waals surface area contributed by atoms with E-state index in [1.165, 1.54) is 0 Å².